The zero-order valence-corrected chi connectivity index (χ0v) is 20.8. The first-order valence-electron chi connectivity index (χ1n) is 10.0. The molecule has 0 spiro atoms. The van der Waals surface area contributed by atoms with Crippen molar-refractivity contribution in [2.24, 2.45) is 0 Å². The minimum Gasteiger partial charge on any atom is -0.342 e. The summed E-state index contributed by atoms with van der Waals surface area (Å²) >= 11 is 15.5. The molecule has 0 bridgehead atoms. The molecule has 1 aliphatic heterocycles. The number of nitrogens with one attached hydrogen (secondary N) is 2. The molecule has 2 heterocycles. The standard InChI is InChI=1S/C22H22Cl2N4O3S2/c1-32-27-21(29)26-16-3-5-18(6-4-16)33-12-17-11-30-22(31-17,13-28-9-8-25-14-28)19-7-2-15(23)10-20(19)24/h2-10,14,17H,11-13H2,1H3,(H2,26,27,29). The van der Waals surface area contributed by atoms with E-state index in [0.29, 0.717) is 28.9 Å². The fraction of sp³-hybridized carbons (Fsp3) is 0.273. The summed E-state index contributed by atoms with van der Waals surface area (Å²) in [6, 6.07) is 12.7. The van der Waals surface area contributed by atoms with E-state index < -0.39 is 5.79 Å². The highest BCUT2D eigenvalue weighted by Crippen LogP contribution is 2.41. The Labute approximate surface area is 210 Å². The van der Waals surface area contributed by atoms with E-state index in [1.165, 1.54) is 11.9 Å². The molecule has 3 aromatic rings. The SMILES string of the molecule is CSNC(=O)Nc1ccc(SCC2COC(Cn3ccnc3)(c3ccc(Cl)cc3Cl)O2)cc1. The lowest BCUT2D eigenvalue weighted by molar-refractivity contribution is -0.184. The monoisotopic (exact) mass is 524 g/mol. The minimum absolute atomic E-state index is 0.143. The summed E-state index contributed by atoms with van der Waals surface area (Å²) in [6.07, 6.45) is 6.93. The number of rotatable bonds is 8. The number of aromatic nitrogens is 2. The second kappa shape index (κ2) is 11.0. The minimum atomic E-state index is -1.04. The molecule has 2 N–H and O–H groups in total. The number of amides is 2. The highest BCUT2D eigenvalue weighted by atomic mass is 35.5. The Morgan fingerprint density at radius 1 is 1.27 bits per heavy atom. The molecule has 1 aliphatic rings. The van der Waals surface area contributed by atoms with Crippen LogP contribution >= 0.6 is 46.9 Å². The van der Waals surface area contributed by atoms with E-state index in [2.05, 4.69) is 15.0 Å². The van der Waals surface area contributed by atoms with E-state index in [-0.39, 0.29) is 12.1 Å². The Bertz CT molecular complexity index is 1090. The second-order valence-electron chi connectivity index (χ2n) is 7.26. The molecule has 1 saturated heterocycles. The molecule has 2 atom stereocenters. The van der Waals surface area contributed by atoms with Crippen molar-refractivity contribution < 1.29 is 14.3 Å². The van der Waals surface area contributed by atoms with Gasteiger partial charge in [-0.3, -0.25) is 4.72 Å². The van der Waals surface area contributed by atoms with Crippen LogP contribution in [-0.4, -0.2) is 40.3 Å². The number of thioether (sulfide) groups is 1. The van der Waals surface area contributed by atoms with E-state index in [1.54, 1.807) is 42.7 Å². The van der Waals surface area contributed by atoms with Crippen molar-refractivity contribution in [1.82, 2.24) is 14.3 Å². The van der Waals surface area contributed by atoms with Gasteiger partial charge in [-0.2, -0.15) is 0 Å². The molecule has 0 radical (unpaired) electrons. The summed E-state index contributed by atoms with van der Waals surface area (Å²) in [7, 11) is 0. The number of anilines is 1. The van der Waals surface area contributed by atoms with E-state index >= 15 is 0 Å². The van der Waals surface area contributed by atoms with Crippen LogP contribution in [0.4, 0.5) is 10.5 Å². The topological polar surface area (TPSA) is 77.4 Å². The number of hydrogen-bond acceptors (Lipinski definition) is 6. The molecule has 0 saturated carbocycles. The van der Waals surface area contributed by atoms with Crippen molar-refractivity contribution in [3.8, 4) is 0 Å². The smallest absolute Gasteiger partial charge is 0.329 e. The Morgan fingerprint density at radius 2 is 2.09 bits per heavy atom. The van der Waals surface area contributed by atoms with E-state index in [1.807, 2.05) is 41.1 Å². The number of ether oxygens (including phenoxy) is 2. The largest absolute Gasteiger partial charge is 0.342 e. The highest BCUT2D eigenvalue weighted by molar-refractivity contribution is 7.99. The second-order valence-corrected chi connectivity index (χ2v) is 9.81. The zero-order valence-electron chi connectivity index (χ0n) is 17.7. The van der Waals surface area contributed by atoms with Gasteiger partial charge in [0.15, 0.2) is 0 Å². The van der Waals surface area contributed by atoms with Crippen LogP contribution in [0.5, 0.6) is 0 Å². The molecular weight excluding hydrogens is 503 g/mol. The summed E-state index contributed by atoms with van der Waals surface area (Å²) in [4.78, 5) is 16.8. The van der Waals surface area contributed by atoms with Gasteiger partial charge < -0.3 is 19.4 Å². The number of urea groups is 1. The summed E-state index contributed by atoms with van der Waals surface area (Å²) in [5, 5.41) is 3.81. The fourth-order valence-corrected chi connectivity index (χ4v) is 5.11. The normalized spacial score (nSPS) is 20.0. The Morgan fingerprint density at radius 3 is 2.79 bits per heavy atom. The van der Waals surface area contributed by atoms with Gasteiger partial charge in [0.2, 0.25) is 5.79 Å². The van der Waals surface area contributed by atoms with Gasteiger partial charge in [0, 0.05) is 45.6 Å². The number of carbonyl (C=O) groups is 1. The molecule has 4 rings (SSSR count). The molecule has 0 aliphatic carbocycles. The number of carbonyl (C=O) groups excluding carboxylic acids is 1. The Kier molecular flexibility index (Phi) is 8.11. The van der Waals surface area contributed by atoms with Crippen molar-refractivity contribution in [2.75, 3.05) is 23.9 Å². The van der Waals surface area contributed by atoms with Crippen LogP contribution in [0.25, 0.3) is 0 Å². The number of hydrogen-bond donors (Lipinski definition) is 2. The van der Waals surface area contributed by atoms with Gasteiger partial charge in [-0.05, 0) is 36.4 Å². The Hall–Kier alpha value is -1.88. The average molecular weight is 525 g/mol. The molecule has 2 unspecified atom stereocenters. The van der Waals surface area contributed by atoms with Crippen LogP contribution < -0.4 is 10.0 Å². The summed E-state index contributed by atoms with van der Waals surface area (Å²) in [6.45, 7) is 0.836. The maximum Gasteiger partial charge on any atom is 0.329 e. The van der Waals surface area contributed by atoms with Crippen molar-refractivity contribution in [3.05, 3.63) is 76.8 Å². The third-order valence-corrected chi connectivity index (χ3v) is 6.97. The first-order valence-corrected chi connectivity index (χ1v) is 13.0. The van der Waals surface area contributed by atoms with Gasteiger partial charge in [0.25, 0.3) is 0 Å². The number of imidazole rings is 1. The van der Waals surface area contributed by atoms with E-state index in [0.717, 1.165) is 16.1 Å². The van der Waals surface area contributed by atoms with Crippen LogP contribution in [0, 0.1) is 0 Å². The first kappa shape index (κ1) is 24.3. The summed E-state index contributed by atoms with van der Waals surface area (Å²) in [5.41, 5.74) is 1.46. The molecule has 7 nitrogen and oxygen atoms in total. The van der Waals surface area contributed by atoms with Crippen LogP contribution in [0.3, 0.4) is 0 Å². The van der Waals surface area contributed by atoms with Crippen molar-refractivity contribution in [3.63, 3.8) is 0 Å². The van der Waals surface area contributed by atoms with Crippen LogP contribution in [-0.2, 0) is 21.8 Å². The number of nitrogens with zero attached hydrogens (tertiary/aromatic N) is 2. The molecule has 2 amide bonds. The van der Waals surface area contributed by atoms with Crippen molar-refractivity contribution >= 4 is 58.6 Å². The molecule has 2 aromatic carbocycles. The average Bonchev–Trinajstić information content (AvgIpc) is 3.44. The molecular formula is C22H22Cl2N4O3S2. The van der Waals surface area contributed by atoms with Crippen LogP contribution in [0.2, 0.25) is 10.0 Å². The maximum atomic E-state index is 11.6. The maximum absolute atomic E-state index is 11.6. The van der Waals surface area contributed by atoms with Crippen LogP contribution in [0.15, 0.2) is 66.1 Å². The Balaban J connectivity index is 1.42. The zero-order chi connectivity index (χ0) is 23.3. The molecule has 1 fully saturated rings. The van der Waals surface area contributed by atoms with Crippen LogP contribution in [0.1, 0.15) is 5.56 Å². The quantitative estimate of drug-likeness (QED) is 0.292. The fourth-order valence-electron chi connectivity index (χ4n) is 3.45. The third kappa shape index (κ3) is 6.17. The molecule has 174 valence electrons. The first-order chi connectivity index (χ1) is 16.0. The predicted molar refractivity (Wildman–Crippen MR) is 134 cm³/mol. The lowest BCUT2D eigenvalue weighted by Gasteiger charge is -2.30. The van der Waals surface area contributed by atoms with Gasteiger partial charge in [0.05, 0.1) is 30.6 Å². The lowest BCUT2D eigenvalue weighted by Crippen LogP contribution is -2.34. The molecule has 11 heteroatoms. The van der Waals surface area contributed by atoms with E-state index in [4.69, 9.17) is 32.7 Å². The highest BCUT2D eigenvalue weighted by Gasteiger charge is 2.45. The lowest BCUT2D eigenvalue weighted by atomic mass is 10.1. The predicted octanol–water partition coefficient (Wildman–Crippen LogP) is 5.65. The van der Waals surface area contributed by atoms with Gasteiger partial charge in [-0.25, -0.2) is 9.78 Å². The van der Waals surface area contributed by atoms with Crippen molar-refractivity contribution in [2.45, 2.75) is 23.3 Å². The third-order valence-electron chi connectivity index (χ3n) is 4.89. The van der Waals surface area contributed by atoms with E-state index in [9.17, 15) is 4.79 Å². The molecule has 1 aromatic heterocycles. The van der Waals surface area contributed by atoms with Crippen molar-refractivity contribution in [1.29, 1.82) is 0 Å². The number of halogens is 2. The molecule has 33 heavy (non-hydrogen) atoms. The van der Waals surface area contributed by atoms with Gasteiger partial charge in [-0.15, -0.1) is 11.8 Å². The summed E-state index contributed by atoms with van der Waals surface area (Å²) in [5.74, 6) is -0.345. The van der Waals surface area contributed by atoms with Gasteiger partial charge >= 0.3 is 6.03 Å². The van der Waals surface area contributed by atoms with Gasteiger partial charge in [-0.1, -0.05) is 41.2 Å². The van der Waals surface area contributed by atoms with Gasteiger partial charge in [0.1, 0.15) is 0 Å². The summed E-state index contributed by atoms with van der Waals surface area (Å²) < 4.78 is 17.2. The number of benzene rings is 2.